The normalized spacial score (nSPS) is 18.2. The molecule has 42 heavy (non-hydrogen) atoms. The first kappa shape index (κ1) is 28.0. The number of benzene rings is 1. The number of aromatic hydroxyl groups is 1. The van der Waals surface area contributed by atoms with Gasteiger partial charge >= 0.3 is 0 Å². The minimum atomic E-state index is -0.886. The Kier molecular flexibility index (Phi) is 7.08. The summed E-state index contributed by atoms with van der Waals surface area (Å²) in [4.78, 5) is 52.0. The van der Waals surface area contributed by atoms with Gasteiger partial charge in [0.25, 0.3) is 11.5 Å². The van der Waals surface area contributed by atoms with Crippen LogP contribution < -0.4 is 21.5 Å². The topological polar surface area (TPSA) is 152 Å². The van der Waals surface area contributed by atoms with Crippen LogP contribution in [0.3, 0.4) is 0 Å². The van der Waals surface area contributed by atoms with Gasteiger partial charge in [0.15, 0.2) is 0 Å². The number of hydrogen-bond acceptors (Lipinski definition) is 8. The molecule has 2 aliphatic rings. The number of halogens is 2. The van der Waals surface area contributed by atoms with Gasteiger partial charge in [0.05, 0.1) is 39.2 Å². The van der Waals surface area contributed by atoms with Crippen LogP contribution in [0.25, 0.3) is 22.2 Å². The number of carbonyl (C=O) groups excluding carboxylic acids is 2. The second kappa shape index (κ2) is 10.6. The number of amides is 2. The molecule has 2 saturated heterocycles. The van der Waals surface area contributed by atoms with Crippen molar-refractivity contribution in [2.45, 2.75) is 32.0 Å². The van der Waals surface area contributed by atoms with E-state index in [2.05, 4.69) is 32.0 Å². The Balaban J connectivity index is 1.31. The van der Waals surface area contributed by atoms with Crippen LogP contribution in [0.1, 0.15) is 23.7 Å². The number of aromatic nitrogens is 4. The summed E-state index contributed by atoms with van der Waals surface area (Å²) in [5, 5.41) is 13.5. The summed E-state index contributed by atoms with van der Waals surface area (Å²) >= 11 is 12.6. The summed E-state index contributed by atoms with van der Waals surface area (Å²) in [6.45, 7) is 4.85. The molecule has 2 bridgehead atoms. The van der Waals surface area contributed by atoms with Gasteiger partial charge in [-0.05, 0) is 30.7 Å². The zero-order valence-electron chi connectivity index (χ0n) is 22.8. The molecule has 2 amide bonds. The molecule has 1 aromatic carbocycles. The molecule has 6 rings (SSSR count). The van der Waals surface area contributed by atoms with Crippen molar-refractivity contribution in [3.05, 3.63) is 62.9 Å². The predicted octanol–water partition coefficient (Wildman–Crippen LogP) is 2.83. The Hall–Kier alpha value is -4.13. The van der Waals surface area contributed by atoms with Crippen molar-refractivity contribution >= 4 is 57.6 Å². The standard InChI is InChI=1S/C28H28Cl2N8O4/c1-3-36-9-16-6-15(36)10-38(16)22-7-21(20(30)8-32-22)34-23(39)12-37-11-18(24-27(37)33-13-35(2)28(24)42)14-4-17(26(31)41)25(40)19(29)5-14/h4-5,7-8,11,13,15-16,40H,3,6,9-10,12H2,1-2H3,(H2,31,41)(H,32,34,39). The molecule has 2 aliphatic heterocycles. The second-order valence-corrected chi connectivity index (χ2v) is 11.4. The minimum absolute atomic E-state index is 0.114. The number of nitrogens with two attached hydrogens (primary N) is 1. The van der Waals surface area contributed by atoms with E-state index in [1.807, 2.05) is 0 Å². The lowest BCUT2D eigenvalue weighted by Crippen LogP contribution is -2.46. The fourth-order valence-corrected chi connectivity index (χ4v) is 6.36. The number of carbonyl (C=O) groups is 2. The van der Waals surface area contributed by atoms with Crippen LogP contribution in [0, 0.1) is 0 Å². The molecule has 0 spiro atoms. The number of nitrogens with one attached hydrogen (secondary N) is 1. The Labute approximate surface area is 250 Å². The van der Waals surface area contributed by atoms with Gasteiger partial charge in [-0.15, -0.1) is 0 Å². The monoisotopic (exact) mass is 610 g/mol. The van der Waals surface area contributed by atoms with E-state index >= 15 is 0 Å². The molecule has 0 aliphatic carbocycles. The van der Waals surface area contributed by atoms with Crippen LogP contribution in [0.15, 0.2) is 41.7 Å². The molecule has 4 N–H and O–H groups in total. The Bertz CT molecular complexity index is 1820. The highest BCUT2D eigenvalue weighted by molar-refractivity contribution is 6.34. The molecule has 2 fully saturated rings. The number of fused-ring (bicyclic) bond motifs is 3. The number of piperazine rings is 1. The summed E-state index contributed by atoms with van der Waals surface area (Å²) < 4.78 is 2.83. The number of anilines is 2. The van der Waals surface area contributed by atoms with Gasteiger partial charge in [0, 0.05) is 50.0 Å². The van der Waals surface area contributed by atoms with Gasteiger partial charge in [-0.25, -0.2) is 9.97 Å². The van der Waals surface area contributed by atoms with E-state index < -0.39 is 17.6 Å². The fourth-order valence-electron chi connectivity index (χ4n) is 5.99. The zero-order chi connectivity index (χ0) is 29.9. The first-order valence-corrected chi connectivity index (χ1v) is 14.1. The number of primary amides is 1. The van der Waals surface area contributed by atoms with E-state index in [0.717, 1.165) is 31.9 Å². The van der Waals surface area contributed by atoms with Crippen LogP contribution in [-0.2, 0) is 18.4 Å². The average Bonchev–Trinajstić information content (AvgIpc) is 3.66. The van der Waals surface area contributed by atoms with Crippen molar-refractivity contribution in [3.63, 3.8) is 0 Å². The molecule has 0 saturated carbocycles. The molecule has 3 aromatic heterocycles. The van der Waals surface area contributed by atoms with E-state index in [9.17, 15) is 19.5 Å². The van der Waals surface area contributed by atoms with E-state index in [1.165, 1.54) is 33.8 Å². The highest BCUT2D eigenvalue weighted by atomic mass is 35.5. The number of aryl methyl sites for hydroxylation is 1. The third-order valence-electron chi connectivity index (χ3n) is 8.06. The smallest absolute Gasteiger partial charge is 0.263 e. The van der Waals surface area contributed by atoms with E-state index in [4.69, 9.17) is 28.9 Å². The fraction of sp³-hybridized carbons (Fsp3) is 0.321. The van der Waals surface area contributed by atoms with E-state index in [1.54, 1.807) is 19.3 Å². The summed E-state index contributed by atoms with van der Waals surface area (Å²) in [7, 11) is 1.55. The molecular formula is C28H28Cl2N8O4. The Morgan fingerprint density at radius 1 is 1.14 bits per heavy atom. The lowest BCUT2D eigenvalue weighted by molar-refractivity contribution is -0.116. The molecule has 2 unspecified atom stereocenters. The predicted molar refractivity (Wildman–Crippen MR) is 160 cm³/mol. The molecule has 5 heterocycles. The van der Waals surface area contributed by atoms with Crippen molar-refractivity contribution in [3.8, 4) is 16.9 Å². The van der Waals surface area contributed by atoms with Crippen LogP contribution in [-0.4, -0.2) is 72.6 Å². The lowest BCUT2D eigenvalue weighted by Gasteiger charge is -2.34. The van der Waals surface area contributed by atoms with Crippen LogP contribution in [0.4, 0.5) is 11.5 Å². The summed E-state index contributed by atoms with van der Waals surface area (Å²) in [5.41, 5.74) is 6.25. The first-order chi connectivity index (χ1) is 20.0. The van der Waals surface area contributed by atoms with Crippen molar-refractivity contribution in [1.82, 2.24) is 24.0 Å². The largest absolute Gasteiger partial charge is 0.506 e. The molecule has 12 nitrogen and oxygen atoms in total. The average molecular weight is 611 g/mol. The SMILES string of the molecule is CCN1CC2CC1CN2c1cc(NC(=O)Cn2cc(-c3cc(Cl)c(O)c(C(N)=O)c3)c3c(=O)n(C)cnc32)c(Cl)cn1. The number of phenols is 1. The van der Waals surface area contributed by atoms with Crippen molar-refractivity contribution in [1.29, 1.82) is 0 Å². The quantitative estimate of drug-likeness (QED) is 0.289. The van der Waals surface area contributed by atoms with Gasteiger partial charge in [-0.3, -0.25) is 19.3 Å². The maximum absolute atomic E-state index is 13.3. The molecule has 2 atom stereocenters. The summed E-state index contributed by atoms with van der Waals surface area (Å²) in [5.74, 6) is -0.989. The highest BCUT2D eigenvalue weighted by Gasteiger charge is 2.43. The van der Waals surface area contributed by atoms with Crippen LogP contribution in [0.5, 0.6) is 5.75 Å². The third kappa shape index (κ3) is 4.75. The van der Waals surface area contributed by atoms with Crippen molar-refractivity contribution in [2.24, 2.45) is 12.8 Å². The lowest BCUT2D eigenvalue weighted by atomic mass is 10.0. The van der Waals surface area contributed by atoms with Gasteiger partial charge in [0.1, 0.15) is 23.8 Å². The minimum Gasteiger partial charge on any atom is -0.506 e. The molecule has 14 heteroatoms. The Morgan fingerprint density at radius 2 is 1.93 bits per heavy atom. The molecule has 4 aromatic rings. The third-order valence-corrected chi connectivity index (χ3v) is 8.65. The molecule has 0 radical (unpaired) electrons. The summed E-state index contributed by atoms with van der Waals surface area (Å²) in [6, 6.07) is 5.41. The van der Waals surface area contributed by atoms with Gasteiger partial charge in [0.2, 0.25) is 5.91 Å². The summed E-state index contributed by atoms with van der Waals surface area (Å²) in [6.07, 6.45) is 5.56. The van der Waals surface area contributed by atoms with Gasteiger partial charge < -0.3 is 30.2 Å². The van der Waals surface area contributed by atoms with Crippen molar-refractivity contribution in [2.75, 3.05) is 29.9 Å². The van der Waals surface area contributed by atoms with Gasteiger partial charge in [-0.1, -0.05) is 30.1 Å². The number of hydrogen-bond donors (Lipinski definition) is 3. The zero-order valence-corrected chi connectivity index (χ0v) is 24.4. The second-order valence-electron chi connectivity index (χ2n) is 10.6. The van der Waals surface area contributed by atoms with Gasteiger partial charge in [-0.2, -0.15) is 0 Å². The highest BCUT2D eigenvalue weighted by Crippen LogP contribution is 2.37. The Morgan fingerprint density at radius 3 is 2.62 bits per heavy atom. The number of likely N-dealkylation sites (N-methyl/N-ethyl adjacent to an activating group) is 1. The number of likely N-dealkylation sites (tertiary alicyclic amines) is 1. The number of rotatable bonds is 7. The first-order valence-electron chi connectivity index (χ1n) is 13.4. The van der Waals surface area contributed by atoms with Crippen molar-refractivity contribution < 1.29 is 14.7 Å². The van der Waals surface area contributed by atoms with Crippen LogP contribution in [0.2, 0.25) is 10.0 Å². The van der Waals surface area contributed by atoms with Crippen LogP contribution >= 0.6 is 23.2 Å². The molecular weight excluding hydrogens is 583 g/mol. The maximum Gasteiger partial charge on any atom is 0.263 e. The van der Waals surface area contributed by atoms with E-state index in [0.29, 0.717) is 33.9 Å². The molecule has 218 valence electrons. The maximum atomic E-state index is 13.3. The van der Waals surface area contributed by atoms with E-state index in [-0.39, 0.29) is 33.7 Å². The number of nitrogens with zero attached hydrogens (tertiary/aromatic N) is 6. The number of pyridine rings is 1.